The second-order valence-electron chi connectivity index (χ2n) is 7.70. The van der Waals surface area contributed by atoms with Gasteiger partial charge in [0.05, 0.1) is 43.6 Å². The van der Waals surface area contributed by atoms with Gasteiger partial charge < -0.3 is 14.8 Å². The van der Waals surface area contributed by atoms with Crippen molar-refractivity contribution in [2.75, 3.05) is 32.7 Å². The molecule has 27 heavy (non-hydrogen) atoms. The third-order valence-corrected chi connectivity index (χ3v) is 6.12. The van der Waals surface area contributed by atoms with Crippen LogP contribution in [0.4, 0.5) is 0 Å². The summed E-state index contributed by atoms with van der Waals surface area (Å²) in [6.45, 7) is 6.62. The van der Waals surface area contributed by atoms with Crippen LogP contribution in [-0.4, -0.2) is 53.1 Å². The van der Waals surface area contributed by atoms with Gasteiger partial charge in [-0.05, 0) is 38.0 Å². The third kappa shape index (κ3) is 3.32. The molecule has 0 unspecified atom stereocenters. The molecular weight excluding hydrogens is 344 g/mol. The Balaban J connectivity index is 1.65. The lowest BCUT2D eigenvalue weighted by Crippen LogP contribution is -3.14. The number of H-pyrrole nitrogens is 1. The first kappa shape index (κ1) is 18.0. The van der Waals surface area contributed by atoms with E-state index in [-0.39, 0.29) is 23.2 Å². The number of aromatic amines is 1. The smallest absolute Gasteiger partial charge is 0.329 e. The van der Waals surface area contributed by atoms with Gasteiger partial charge >= 0.3 is 5.69 Å². The quantitative estimate of drug-likeness (QED) is 0.807. The average Bonchev–Trinajstić information content (AvgIpc) is 3.21. The maximum absolute atomic E-state index is 12.8. The molecule has 0 spiro atoms. The minimum atomic E-state index is -0.371. The standard InChI is InChI=1S/C20H26N4O3/c1-2-22-9-11-23(12-10-22)18(25)14-7-8-16-17(13-14)21-20(27)24(19(16)26)15-5-3-4-6-15/h7-8,13,15H,2-6,9-12H2,1H3,(H,21,27)/p+1. The minimum absolute atomic E-state index is 0.00989. The van der Waals surface area contributed by atoms with Crippen LogP contribution in [0.5, 0.6) is 0 Å². The molecule has 1 saturated carbocycles. The fraction of sp³-hybridized carbons (Fsp3) is 0.550. The van der Waals surface area contributed by atoms with Crippen LogP contribution >= 0.6 is 0 Å². The van der Waals surface area contributed by atoms with Crippen molar-refractivity contribution in [1.82, 2.24) is 14.5 Å². The summed E-state index contributed by atoms with van der Waals surface area (Å²) in [6.07, 6.45) is 3.84. The Morgan fingerprint density at radius 3 is 2.56 bits per heavy atom. The van der Waals surface area contributed by atoms with Gasteiger partial charge in [-0.2, -0.15) is 0 Å². The van der Waals surface area contributed by atoms with Crippen LogP contribution in [0.15, 0.2) is 27.8 Å². The first-order valence-corrected chi connectivity index (χ1v) is 10.00. The zero-order valence-corrected chi connectivity index (χ0v) is 15.8. The van der Waals surface area contributed by atoms with Crippen molar-refractivity contribution in [3.05, 3.63) is 44.6 Å². The maximum Gasteiger partial charge on any atom is 0.329 e. The predicted octanol–water partition coefficient (Wildman–Crippen LogP) is 0.166. The molecule has 1 aromatic heterocycles. The molecule has 1 saturated heterocycles. The van der Waals surface area contributed by atoms with E-state index < -0.39 is 0 Å². The first-order valence-electron chi connectivity index (χ1n) is 10.00. The van der Waals surface area contributed by atoms with E-state index >= 15 is 0 Å². The molecule has 2 N–H and O–H groups in total. The van der Waals surface area contributed by atoms with E-state index in [4.69, 9.17) is 0 Å². The number of hydrogen-bond donors (Lipinski definition) is 2. The van der Waals surface area contributed by atoms with Gasteiger partial charge in [-0.25, -0.2) is 4.79 Å². The van der Waals surface area contributed by atoms with Crippen molar-refractivity contribution in [3.8, 4) is 0 Å². The molecule has 0 bridgehead atoms. The number of rotatable bonds is 3. The summed E-state index contributed by atoms with van der Waals surface area (Å²) in [5.74, 6) is -0.0344. The zero-order chi connectivity index (χ0) is 19.0. The summed E-state index contributed by atoms with van der Waals surface area (Å²) >= 11 is 0. The zero-order valence-electron chi connectivity index (χ0n) is 15.8. The van der Waals surface area contributed by atoms with E-state index in [1.54, 1.807) is 18.2 Å². The van der Waals surface area contributed by atoms with Gasteiger partial charge in [0.25, 0.3) is 11.5 Å². The number of quaternary nitrogens is 1. The predicted molar refractivity (Wildman–Crippen MR) is 103 cm³/mol. The number of fused-ring (bicyclic) bond motifs is 1. The van der Waals surface area contributed by atoms with Crippen molar-refractivity contribution >= 4 is 16.8 Å². The van der Waals surface area contributed by atoms with Crippen molar-refractivity contribution in [1.29, 1.82) is 0 Å². The van der Waals surface area contributed by atoms with Gasteiger partial charge in [0.15, 0.2) is 0 Å². The van der Waals surface area contributed by atoms with Crippen LogP contribution in [0.25, 0.3) is 10.9 Å². The lowest BCUT2D eigenvalue weighted by Gasteiger charge is -2.31. The summed E-state index contributed by atoms with van der Waals surface area (Å²) in [6, 6.07) is 5.03. The Labute approximate surface area is 157 Å². The van der Waals surface area contributed by atoms with E-state index in [0.717, 1.165) is 58.4 Å². The largest absolute Gasteiger partial charge is 0.332 e. The maximum atomic E-state index is 12.8. The number of benzene rings is 1. The van der Waals surface area contributed by atoms with Gasteiger partial charge in [-0.1, -0.05) is 12.8 Å². The molecule has 7 nitrogen and oxygen atoms in total. The number of piperazine rings is 1. The highest BCUT2D eigenvalue weighted by Crippen LogP contribution is 2.27. The van der Waals surface area contributed by atoms with Gasteiger partial charge in [-0.3, -0.25) is 14.2 Å². The average molecular weight is 371 g/mol. The van der Waals surface area contributed by atoms with Gasteiger partial charge in [0.2, 0.25) is 0 Å². The molecule has 0 atom stereocenters. The van der Waals surface area contributed by atoms with Crippen LogP contribution in [0, 0.1) is 0 Å². The van der Waals surface area contributed by atoms with Crippen LogP contribution in [-0.2, 0) is 0 Å². The number of aromatic nitrogens is 2. The molecular formula is C20H27N4O3+. The van der Waals surface area contributed by atoms with E-state index in [1.807, 2.05) is 4.90 Å². The highest BCUT2D eigenvalue weighted by Gasteiger charge is 2.25. The lowest BCUT2D eigenvalue weighted by atomic mass is 10.1. The monoisotopic (exact) mass is 371 g/mol. The van der Waals surface area contributed by atoms with Crippen LogP contribution in [0.3, 0.4) is 0 Å². The van der Waals surface area contributed by atoms with Crippen molar-refractivity contribution < 1.29 is 9.69 Å². The molecule has 2 heterocycles. The highest BCUT2D eigenvalue weighted by atomic mass is 16.2. The minimum Gasteiger partial charge on any atom is -0.332 e. The van der Waals surface area contributed by atoms with E-state index in [1.165, 1.54) is 9.47 Å². The molecule has 2 fully saturated rings. The fourth-order valence-electron chi connectivity index (χ4n) is 4.42. The molecule has 2 aliphatic rings. The lowest BCUT2D eigenvalue weighted by molar-refractivity contribution is -0.902. The Morgan fingerprint density at radius 2 is 1.89 bits per heavy atom. The molecule has 144 valence electrons. The van der Waals surface area contributed by atoms with Crippen LogP contribution in [0.1, 0.15) is 49.0 Å². The van der Waals surface area contributed by atoms with Gasteiger partial charge in [-0.15, -0.1) is 0 Å². The second-order valence-corrected chi connectivity index (χ2v) is 7.70. The highest BCUT2D eigenvalue weighted by molar-refractivity contribution is 5.97. The van der Waals surface area contributed by atoms with Gasteiger partial charge in [0.1, 0.15) is 0 Å². The molecule has 7 heteroatoms. The Bertz CT molecular complexity index is 963. The van der Waals surface area contributed by atoms with Gasteiger partial charge in [0, 0.05) is 11.6 Å². The fourth-order valence-corrected chi connectivity index (χ4v) is 4.42. The van der Waals surface area contributed by atoms with E-state index in [0.29, 0.717) is 16.5 Å². The molecule has 1 aliphatic carbocycles. The summed E-state index contributed by atoms with van der Waals surface area (Å²) in [5, 5.41) is 0.471. The number of carbonyl (C=O) groups excluding carboxylic acids is 1. The first-order chi connectivity index (χ1) is 13.1. The molecule has 1 amide bonds. The Kier molecular flexibility index (Phi) is 4.86. The van der Waals surface area contributed by atoms with Crippen LogP contribution in [0.2, 0.25) is 0 Å². The number of hydrogen-bond acceptors (Lipinski definition) is 3. The molecule has 1 aromatic carbocycles. The summed E-state index contributed by atoms with van der Waals surface area (Å²) in [4.78, 5) is 44.4. The summed E-state index contributed by atoms with van der Waals surface area (Å²) in [5.41, 5.74) is 0.350. The Hall–Kier alpha value is -2.41. The third-order valence-electron chi connectivity index (χ3n) is 6.12. The van der Waals surface area contributed by atoms with Crippen molar-refractivity contribution in [2.24, 2.45) is 0 Å². The SMILES string of the molecule is CC[NH+]1CCN(C(=O)c2ccc3c(=O)n(C4CCCC4)c(=O)[nH]c3c2)CC1. The van der Waals surface area contributed by atoms with Crippen molar-refractivity contribution in [3.63, 3.8) is 0 Å². The van der Waals surface area contributed by atoms with E-state index in [9.17, 15) is 14.4 Å². The van der Waals surface area contributed by atoms with Crippen LogP contribution < -0.4 is 16.1 Å². The number of likely N-dealkylation sites (N-methyl/N-ethyl adjacent to an activating group) is 1. The number of amides is 1. The van der Waals surface area contributed by atoms with Crippen molar-refractivity contribution in [2.45, 2.75) is 38.6 Å². The Morgan fingerprint density at radius 1 is 1.19 bits per heavy atom. The number of carbonyl (C=O) groups is 1. The number of nitrogens with one attached hydrogen (secondary N) is 2. The molecule has 0 radical (unpaired) electrons. The summed E-state index contributed by atoms with van der Waals surface area (Å²) < 4.78 is 1.36. The topological polar surface area (TPSA) is 79.6 Å². The normalized spacial score (nSPS) is 19.1. The molecule has 2 aromatic rings. The number of nitrogens with zero attached hydrogens (tertiary/aromatic N) is 2. The molecule has 4 rings (SSSR count). The molecule has 1 aliphatic heterocycles. The van der Waals surface area contributed by atoms with E-state index in [2.05, 4.69) is 11.9 Å². The summed E-state index contributed by atoms with van der Waals surface area (Å²) in [7, 11) is 0. The second kappa shape index (κ2) is 7.31.